The Bertz CT molecular complexity index is 643. The van der Waals surface area contributed by atoms with Crippen LogP contribution in [0.2, 0.25) is 0 Å². The Morgan fingerprint density at radius 2 is 2.24 bits per heavy atom. The molecule has 0 aliphatic rings. The fourth-order valence-corrected chi connectivity index (χ4v) is 2.78. The molecule has 2 rings (SSSR count). The smallest absolute Gasteiger partial charge is 0.337 e. The number of rotatable bonds is 5. The highest BCUT2D eigenvalue weighted by Crippen LogP contribution is 2.25. The molecule has 0 amide bonds. The second-order valence-corrected chi connectivity index (χ2v) is 5.64. The number of carbonyl (C=O) groups excluding carboxylic acids is 1. The first-order valence-electron chi connectivity index (χ1n) is 6.42. The number of methoxy groups -OCH3 is 1. The van der Waals surface area contributed by atoms with E-state index >= 15 is 0 Å². The first-order valence-corrected chi connectivity index (χ1v) is 7.40. The van der Waals surface area contributed by atoms with E-state index in [0.29, 0.717) is 22.0 Å². The van der Waals surface area contributed by atoms with Gasteiger partial charge in [0.1, 0.15) is 12.1 Å². The highest BCUT2D eigenvalue weighted by molar-refractivity contribution is 7.98. The van der Waals surface area contributed by atoms with Crippen LogP contribution in [-0.4, -0.2) is 27.8 Å². The maximum Gasteiger partial charge on any atom is 0.337 e. The van der Waals surface area contributed by atoms with Crippen LogP contribution in [-0.2, 0) is 10.5 Å². The fraction of sp³-hybridized carbons (Fsp3) is 0.357. The van der Waals surface area contributed by atoms with Gasteiger partial charge in [0.05, 0.1) is 12.7 Å². The summed E-state index contributed by atoms with van der Waals surface area (Å²) in [4.78, 5) is 11.5. The minimum Gasteiger partial charge on any atom is -0.465 e. The van der Waals surface area contributed by atoms with Crippen molar-refractivity contribution in [2.24, 2.45) is 0 Å². The zero-order chi connectivity index (χ0) is 15.4. The second-order valence-electron chi connectivity index (χ2n) is 4.70. The summed E-state index contributed by atoms with van der Waals surface area (Å²) in [5.41, 5.74) is 0.765. The molecule has 7 heteroatoms. The number of esters is 1. The van der Waals surface area contributed by atoms with Crippen molar-refractivity contribution < 1.29 is 13.9 Å². The molecule has 112 valence electrons. The molecule has 0 fully saturated rings. The Labute approximate surface area is 126 Å². The molecule has 1 aromatic carbocycles. The zero-order valence-electron chi connectivity index (χ0n) is 12.0. The van der Waals surface area contributed by atoms with Gasteiger partial charge in [0.25, 0.3) is 0 Å². The Morgan fingerprint density at radius 1 is 1.48 bits per heavy atom. The molecule has 0 atom stereocenters. The van der Waals surface area contributed by atoms with E-state index in [2.05, 4.69) is 14.9 Å². The summed E-state index contributed by atoms with van der Waals surface area (Å²) < 4.78 is 20.4. The predicted molar refractivity (Wildman–Crippen MR) is 77.7 cm³/mol. The van der Waals surface area contributed by atoms with Gasteiger partial charge < -0.3 is 9.30 Å². The molecule has 0 radical (unpaired) electrons. The lowest BCUT2D eigenvalue weighted by molar-refractivity contribution is 0.0600. The number of ether oxygens (including phenoxy) is 1. The number of halogens is 1. The number of nitrogens with zero attached hydrogens (tertiary/aromatic N) is 3. The Morgan fingerprint density at radius 3 is 2.90 bits per heavy atom. The van der Waals surface area contributed by atoms with Gasteiger partial charge in [-0.1, -0.05) is 11.8 Å². The van der Waals surface area contributed by atoms with Crippen molar-refractivity contribution in [3.05, 3.63) is 41.5 Å². The summed E-state index contributed by atoms with van der Waals surface area (Å²) in [7, 11) is 1.30. The summed E-state index contributed by atoms with van der Waals surface area (Å²) in [6.45, 7) is 4.04. The number of aromatic nitrogens is 3. The van der Waals surface area contributed by atoms with Crippen molar-refractivity contribution in [3.8, 4) is 0 Å². The summed E-state index contributed by atoms with van der Waals surface area (Å²) in [5, 5.41) is 8.59. The van der Waals surface area contributed by atoms with E-state index in [1.54, 1.807) is 6.33 Å². The molecule has 1 heterocycles. The third-order valence-corrected chi connectivity index (χ3v) is 3.93. The van der Waals surface area contributed by atoms with Gasteiger partial charge in [0.2, 0.25) is 0 Å². The maximum atomic E-state index is 13.8. The lowest BCUT2D eigenvalue weighted by Gasteiger charge is -2.10. The van der Waals surface area contributed by atoms with Crippen LogP contribution in [0.3, 0.4) is 0 Å². The first kappa shape index (κ1) is 15.5. The first-order chi connectivity index (χ1) is 10.0. The van der Waals surface area contributed by atoms with Crippen LogP contribution in [0, 0.1) is 5.82 Å². The Hall–Kier alpha value is -1.89. The molecule has 0 bridgehead atoms. The van der Waals surface area contributed by atoms with Gasteiger partial charge in [-0.2, -0.15) is 0 Å². The van der Waals surface area contributed by atoms with E-state index in [-0.39, 0.29) is 11.9 Å². The Balaban J connectivity index is 2.16. The quantitative estimate of drug-likeness (QED) is 0.627. The van der Waals surface area contributed by atoms with Gasteiger partial charge in [-0.25, -0.2) is 9.18 Å². The van der Waals surface area contributed by atoms with Crippen molar-refractivity contribution in [1.29, 1.82) is 0 Å². The van der Waals surface area contributed by atoms with Crippen LogP contribution >= 0.6 is 11.8 Å². The third kappa shape index (κ3) is 3.60. The monoisotopic (exact) mass is 309 g/mol. The molecule has 0 spiro atoms. The van der Waals surface area contributed by atoms with Gasteiger partial charge in [0.15, 0.2) is 5.16 Å². The van der Waals surface area contributed by atoms with E-state index < -0.39 is 5.97 Å². The van der Waals surface area contributed by atoms with Crippen LogP contribution < -0.4 is 0 Å². The highest BCUT2D eigenvalue weighted by atomic mass is 32.2. The van der Waals surface area contributed by atoms with E-state index in [9.17, 15) is 9.18 Å². The van der Waals surface area contributed by atoms with E-state index in [1.165, 1.54) is 37.1 Å². The summed E-state index contributed by atoms with van der Waals surface area (Å²) in [6, 6.07) is 4.42. The molecular formula is C14H16FN3O2S. The van der Waals surface area contributed by atoms with Crippen molar-refractivity contribution in [1.82, 2.24) is 14.8 Å². The molecule has 2 aromatic rings. The van der Waals surface area contributed by atoms with Crippen molar-refractivity contribution in [3.63, 3.8) is 0 Å². The maximum absolute atomic E-state index is 13.8. The van der Waals surface area contributed by atoms with Gasteiger partial charge in [-0.3, -0.25) is 0 Å². The fourth-order valence-electron chi connectivity index (χ4n) is 1.76. The van der Waals surface area contributed by atoms with Crippen LogP contribution in [0.15, 0.2) is 29.7 Å². The normalized spacial score (nSPS) is 10.9. The summed E-state index contributed by atoms with van der Waals surface area (Å²) in [5.74, 6) is -0.473. The number of hydrogen-bond acceptors (Lipinski definition) is 5. The molecule has 0 aliphatic carbocycles. The highest BCUT2D eigenvalue weighted by Gasteiger charge is 2.13. The third-order valence-electron chi connectivity index (χ3n) is 2.92. The van der Waals surface area contributed by atoms with Crippen molar-refractivity contribution in [2.45, 2.75) is 30.8 Å². The lowest BCUT2D eigenvalue weighted by atomic mass is 10.1. The van der Waals surface area contributed by atoms with Crippen LogP contribution in [0.5, 0.6) is 0 Å². The number of benzene rings is 1. The molecule has 0 saturated carbocycles. The minimum absolute atomic E-state index is 0.230. The average molecular weight is 309 g/mol. The average Bonchev–Trinajstić information content (AvgIpc) is 2.94. The van der Waals surface area contributed by atoms with Gasteiger partial charge in [-0.15, -0.1) is 10.2 Å². The van der Waals surface area contributed by atoms with Crippen LogP contribution in [0.1, 0.15) is 35.8 Å². The molecule has 0 N–H and O–H groups in total. The van der Waals surface area contributed by atoms with Gasteiger partial charge in [0, 0.05) is 11.8 Å². The predicted octanol–water partition coefficient (Wildman–Crippen LogP) is 3.08. The van der Waals surface area contributed by atoms with E-state index in [1.807, 2.05) is 18.4 Å². The SMILES string of the molecule is COC(=O)c1ccc(F)c(CSc2nncn2C(C)C)c1. The molecule has 0 aliphatic heterocycles. The Kier molecular flexibility index (Phi) is 4.95. The molecule has 21 heavy (non-hydrogen) atoms. The number of thioether (sulfide) groups is 1. The topological polar surface area (TPSA) is 57.0 Å². The standard InChI is InChI=1S/C14H16FN3O2S/c1-9(2)18-8-16-17-14(18)21-7-11-6-10(13(19)20-3)4-5-12(11)15/h4-6,8-9H,7H2,1-3H3. The zero-order valence-corrected chi connectivity index (χ0v) is 12.9. The van der Waals surface area contributed by atoms with Gasteiger partial charge >= 0.3 is 5.97 Å². The molecular weight excluding hydrogens is 293 g/mol. The lowest BCUT2D eigenvalue weighted by Crippen LogP contribution is -2.03. The second kappa shape index (κ2) is 6.71. The summed E-state index contributed by atoms with van der Waals surface area (Å²) in [6.07, 6.45) is 1.65. The van der Waals surface area contributed by atoms with Crippen LogP contribution in [0.25, 0.3) is 0 Å². The summed E-state index contributed by atoms with van der Waals surface area (Å²) >= 11 is 1.37. The molecule has 0 saturated heterocycles. The number of carbonyl (C=O) groups is 1. The van der Waals surface area contributed by atoms with E-state index in [4.69, 9.17) is 0 Å². The van der Waals surface area contributed by atoms with Gasteiger partial charge in [-0.05, 0) is 37.6 Å². The minimum atomic E-state index is -0.480. The largest absolute Gasteiger partial charge is 0.465 e. The van der Waals surface area contributed by atoms with E-state index in [0.717, 1.165) is 0 Å². The molecule has 5 nitrogen and oxygen atoms in total. The molecule has 0 unspecified atom stereocenters. The molecule has 1 aromatic heterocycles. The van der Waals surface area contributed by atoms with Crippen LogP contribution in [0.4, 0.5) is 4.39 Å². The number of hydrogen-bond donors (Lipinski definition) is 0. The van der Waals surface area contributed by atoms with Crippen molar-refractivity contribution >= 4 is 17.7 Å². The van der Waals surface area contributed by atoms with Crippen molar-refractivity contribution in [2.75, 3.05) is 7.11 Å².